The van der Waals surface area contributed by atoms with Crippen LogP contribution in [0.4, 0.5) is 0 Å². The van der Waals surface area contributed by atoms with Crippen molar-refractivity contribution in [3.63, 3.8) is 0 Å². The zero-order chi connectivity index (χ0) is 11.1. The van der Waals surface area contributed by atoms with E-state index in [2.05, 4.69) is 5.32 Å². The summed E-state index contributed by atoms with van der Waals surface area (Å²) < 4.78 is 5.10. The smallest absolute Gasteiger partial charge is 0.128 e. The zero-order valence-electron chi connectivity index (χ0n) is 9.45. The molecule has 0 atom stereocenters. The van der Waals surface area contributed by atoms with Gasteiger partial charge in [-0.2, -0.15) is 0 Å². The summed E-state index contributed by atoms with van der Waals surface area (Å²) in [7, 11) is 3.46. The molecule has 1 rings (SSSR count). The molecule has 0 aliphatic heterocycles. The van der Waals surface area contributed by atoms with E-state index in [4.69, 9.17) is 4.74 Å². The summed E-state index contributed by atoms with van der Waals surface area (Å²) in [4.78, 5) is 10.8. The van der Waals surface area contributed by atoms with E-state index in [1.807, 2.05) is 37.3 Å². The Labute approximate surface area is 102 Å². The average molecular weight is 242 g/mol. The highest BCUT2D eigenvalue weighted by Gasteiger charge is 2.03. The molecule has 0 spiro atoms. The molecule has 0 fully saturated rings. The summed E-state index contributed by atoms with van der Waals surface area (Å²) in [6.07, 6.45) is 0.674. The van der Waals surface area contributed by atoms with E-state index < -0.39 is 0 Å². The van der Waals surface area contributed by atoms with Crippen LogP contribution in [0, 0.1) is 0 Å². The Morgan fingerprint density at radius 1 is 1.50 bits per heavy atom. The van der Waals surface area contributed by atoms with Gasteiger partial charge in [0.05, 0.1) is 7.11 Å². The molecule has 88 valence electrons. The Balaban J connectivity index is 0.00000225. The number of nitrogens with one attached hydrogen (secondary N) is 1. The van der Waals surface area contributed by atoms with Gasteiger partial charge in [0, 0.05) is 5.57 Å². The Hall–Kier alpha value is -1.28. The van der Waals surface area contributed by atoms with Gasteiger partial charge >= 0.3 is 0 Å². The highest BCUT2D eigenvalue weighted by Crippen LogP contribution is 2.20. The molecular formula is C12H16ClNO2. The third kappa shape index (κ3) is 4.07. The molecule has 1 aromatic rings. The van der Waals surface area contributed by atoms with Gasteiger partial charge < -0.3 is 10.1 Å². The first-order valence-electron chi connectivity index (χ1n) is 4.84. The van der Waals surface area contributed by atoms with Crippen molar-refractivity contribution in [2.75, 3.05) is 20.7 Å². The minimum atomic E-state index is 0. The van der Waals surface area contributed by atoms with E-state index in [-0.39, 0.29) is 12.4 Å². The lowest BCUT2D eigenvalue weighted by molar-refractivity contribution is 0.414. The lowest BCUT2D eigenvalue weighted by Gasteiger charge is -2.05. The number of ether oxygens (including phenoxy) is 1. The van der Waals surface area contributed by atoms with E-state index in [1.165, 1.54) is 0 Å². The van der Waals surface area contributed by atoms with Crippen LogP contribution in [0.3, 0.4) is 0 Å². The monoisotopic (exact) mass is 241 g/mol. The molecule has 0 bridgehead atoms. The minimum Gasteiger partial charge on any atom is -0.497 e. The van der Waals surface area contributed by atoms with Crippen molar-refractivity contribution < 1.29 is 9.53 Å². The van der Waals surface area contributed by atoms with Crippen molar-refractivity contribution in [2.45, 2.75) is 6.42 Å². The summed E-state index contributed by atoms with van der Waals surface area (Å²) in [6.45, 7) is 0.766. The molecule has 0 aliphatic rings. The van der Waals surface area contributed by atoms with Gasteiger partial charge in [0.2, 0.25) is 0 Å². The Morgan fingerprint density at radius 2 is 2.25 bits per heavy atom. The highest BCUT2D eigenvalue weighted by molar-refractivity contribution is 5.87. The fourth-order valence-corrected chi connectivity index (χ4v) is 1.32. The van der Waals surface area contributed by atoms with Gasteiger partial charge in [-0.15, -0.1) is 12.4 Å². The van der Waals surface area contributed by atoms with Crippen LogP contribution >= 0.6 is 12.4 Å². The van der Waals surface area contributed by atoms with Crippen LogP contribution in [0.15, 0.2) is 24.3 Å². The number of halogens is 1. The van der Waals surface area contributed by atoms with Crippen molar-refractivity contribution in [1.82, 2.24) is 5.32 Å². The predicted octanol–water partition coefficient (Wildman–Crippen LogP) is 1.94. The zero-order valence-corrected chi connectivity index (χ0v) is 10.3. The molecule has 0 saturated carbocycles. The maximum absolute atomic E-state index is 10.8. The first-order valence-corrected chi connectivity index (χ1v) is 4.84. The van der Waals surface area contributed by atoms with E-state index in [0.29, 0.717) is 12.0 Å². The molecule has 0 heterocycles. The third-order valence-electron chi connectivity index (χ3n) is 2.17. The third-order valence-corrected chi connectivity index (χ3v) is 2.17. The van der Waals surface area contributed by atoms with Crippen LogP contribution in [0.1, 0.15) is 12.0 Å². The molecular weight excluding hydrogens is 226 g/mol. The molecule has 0 aliphatic carbocycles. The van der Waals surface area contributed by atoms with Crippen molar-refractivity contribution >= 4 is 23.9 Å². The van der Waals surface area contributed by atoms with Crippen LogP contribution in [-0.2, 0) is 4.79 Å². The second-order valence-electron chi connectivity index (χ2n) is 3.17. The van der Waals surface area contributed by atoms with E-state index in [1.54, 1.807) is 7.11 Å². The Morgan fingerprint density at radius 3 is 2.81 bits per heavy atom. The van der Waals surface area contributed by atoms with E-state index in [0.717, 1.165) is 17.9 Å². The Bertz CT molecular complexity index is 373. The molecule has 0 unspecified atom stereocenters. The summed E-state index contributed by atoms with van der Waals surface area (Å²) in [6, 6.07) is 7.45. The van der Waals surface area contributed by atoms with Crippen LogP contribution in [-0.4, -0.2) is 26.6 Å². The maximum atomic E-state index is 10.8. The lowest BCUT2D eigenvalue weighted by Crippen LogP contribution is -2.08. The number of hydrogen-bond acceptors (Lipinski definition) is 3. The maximum Gasteiger partial charge on any atom is 0.128 e. The van der Waals surface area contributed by atoms with Gasteiger partial charge in [0.1, 0.15) is 11.7 Å². The van der Waals surface area contributed by atoms with Gasteiger partial charge in [-0.05, 0) is 37.7 Å². The fourth-order valence-electron chi connectivity index (χ4n) is 1.32. The number of hydrogen-bond donors (Lipinski definition) is 1. The van der Waals surface area contributed by atoms with Crippen molar-refractivity contribution in [3.8, 4) is 5.75 Å². The second kappa shape index (κ2) is 7.94. The molecule has 3 nitrogen and oxygen atoms in total. The first-order chi connectivity index (χ1) is 7.31. The van der Waals surface area contributed by atoms with E-state index in [9.17, 15) is 4.79 Å². The number of benzene rings is 1. The number of rotatable bonds is 5. The lowest BCUT2D eigenvalue weighted by atomic mass is 10.0. The molecule has 1 N–H and O–H groups in total. The van der Waals surface area contributed by atoms with E-state index >= 15 is 0 Å². The Kier molecular flexibility index (Phi) is 7.31. The summed E-state index contributed by atoms with van der Waals surface area (Å²) in [5.41, 5.74) is 1.54. The average Bonchev–Trinajstić information content (AvgIpc) is 2.30. The molecule has 4 heteroatoms. The highest BCUT2D eigenvalue weighted by atomic mass is 35.5. The summed E-state index contributed by atoms with van der Waals surface area (Å²) >= 11 is 0. The molecule has 0 saturated heterocycles. The van der Waals surface area contributed by atoms with Crippen molar-refractivity contribution in [2.24, 2.45) is 0 Å². The predicted molar refractivity (Wildman–Crippen MR) is 67.9 cm³/mol. The SMILES string of the molecule is CNCCC(=C=O)c1cccc(OC)c1.Cl. The van der Waals surface area contributed by atoms with Crippen LogP contribution < -0.4 is 10.1 Å². The van der Waals surface area contributed by atoms with Crippen LogP contribution in [0.5, 0.6) is 5.75 Å². The number of methoxy groups -OCH3 is 1. The fraction of sp³-hybridized carbons (Fsp3) is 0.333. The molecule has 0 radical (unpaired) electrons. The molecule has 1 aromatic carbocycles. The quantitative estimate of drug-likeness (QED) is 0.801. The van der Waals surface area contributed by atoms with Crippen LogP contribution in [0.2, 0.25) is 0 Å². The first kappa shape index (κ1) is 14.7. The molecule has 0 aromatic heterocycles. The van der Waals surface area contributed by atoms with Crippen molar-refractivity contribution in [3.05, 3.63) is 29.8 Å². The van der Waals surface area contributed by atoms with Crippen molar-refractivity contribution in [1.29, 1.82) is 0 Å². The molecule has 16 heavy (non-hydrogen) atoms. The van der Waals surface area contributed by atoms with Gasteiger partial charge in [0.25, 0.3) is 0 Å². The summed E-state index contributed by atoms with van der Waals surface area (Å²) in [5, 5.41) is 3.00. The largest absolute Gasteiger partial charge is 0.497 e. The second-order valence-corrected chi connectivity index (χ2v) is 3.17. The van der Waals surface area contributed by atoms with Gasteiger partial charge in [-0.25, -0.2) is 4.79 Å². The van der Waals surface area contributed by atoms with Gasteiger partial charge in [0.15, 0.2) is 0 Å². The van der Waals surface area contributed by atoms with Gasteiger partial charge in [-0.3, -0.25) is 0 Å². The minimum absolute atomic E-state index is 0. The number of carbonyl (C=O) groups excluding carboxylic acids is 1. The topological polar surface area (TPSA) is 38.3 Å². The van der Waals surface area contributed by atoms with Gasteiger partial charge in [-0.1, -0.05) is 12.1 Å². The van der Waals surface area contributed by atoms with Crippen LogP contribution in [0.25, 0.3) is 5.57 Å². The normalized spacial score (nSPS) is 8.88. The molecule has 0 amide bonds. The summed E-state index contributed by atoms with van der Waals surface area (Å²) in [5.74, 6) is 2.73. The standard InChI is InChI=1S/C12H15NO2.ClH/c1-13-7-6-11(9-14)10-4-3-5-12(8-10)15-2;/h3-5,8,13H,6-7H2,1-2H3;1H.